The summed E-state index contributed by atoms with van der Waals surface area (Å²) in [4.78, 5) is 56.9. The van der Waals surface area contributed by atoms with Crippen molar-refractivity contribution in [1.82, 2.24) is 29.6 Å². The molecule has 0 spiro atoms. The highest BCUT2D eigenvalue weighted by Gasteiger charge is 2.67. The molecule has 1 saturated heterocycles. The van der Waals surface area contributed by atoms with E-state index in [-0.39, 0.29) is 47.5 Å². The van der Waals surface area contributed by atoms with Crippen LogP contribution in [0.3, 0.4) is 0 Å². The summed E-state index contributed by atoms with van der Waals surface area (Å²) in [5, 5.41) is 5.53. The van der Waals surface area contributed by atoms with E-state index >= 15 is 0 Å². The van der Waals surface area contributed by atoms with Crippen molar-refractivity contribution in [2.24, 2.45) is 5.41 Å². The van der Waals surface area contributed by atoms with Crippen LogP contribution in [0.4, 0.5) is 0 Å². The van der Waals surface area contributed by atoms with Gasteiger partial charge in [0, 0.05) is 53.1 Å². The van der Waals surface area contributed by atoms with E-state index in [1.807, 2.05) is 55.4 Å². The first kappa shape index (κ1) is 34.2. The topological polar surface area (TPSA) is 120 Å². The number of Topliss-reactive ketones (excluding diaryl/α,β-unsaturated/α-hetero) is 2. The van der Waals surface area contributed by atoms with Gasteiger partial charge in [0.15, 0.2) is 11.6 Å². The zero-order valence-corrected chi connectivity index (χ0v) is 30.0. The summed E-state index contributed by atoms with van der Waals surface area (Å²) in [5.41, 5.74) is 5.01. The van der Waals surface area contributed by atoms with Crippen LogP contribution in [0.25, 0.3) is 22.0 Å². The van der Waals surface area contributed by atoms with Gasteiger partial charge < -0.3 is 9.64 Å². The SMILES string of the molecule is CC(=O)c1nn2c3c(cc(-c4cnc(C)nc4)cc13)CCCCCCCC(C)(C)OC[C@@]13C[C@@H](C(=O)Cc4cccc(C)n4)N(C(=O)C2)[C@@H]1C3. The third kappa shape index (κ3) is 6.87. The molecule has 5 heterocycles. The van der Waals surface area contributed by atoms with E-state index < -0.39 is 6.04 Å². The molecule has 1 aliphatic carbocycles. The molecule has 1 amide bonds. The van der Waals surface area contributed by atoms with Gasteiger partial charge in [-0.15, -0.1) is 0 Å². The van der Waals surface area contributed by atoms with Crippen molar-refractivity contribution >= 4 is 28.4 Å². The molecule has 0 unspecified atom stereocenters. The Morgan fingerprint density at radius 2 is 1.74 bits per heavy atom. The van der Waals surface area contributed by atoms with E-state index in [0.29, 0.717) is 30.2 Å². The van der Waals surface area contributed by atoms with E-state index in [0.717, 1.165) is 84.7 Å². The Balaban J connectivity index is 1.28. The molecule has 3 aromatic heterocycles. The smallest absolute Gasteiger partial charge is 0.245 e. The molecule has 7 rings (SSSR count). The van der Waals surface area contributed by atoms with Crippen LogP contribution in [0, 0.1) is 19.3 Å². The predicted molar refractivity (Wildman–Crippen MR) is 191 cm³/mol. The summed E-state index contributed by atoms with van der Waals surface area (Å²) in [6, 6.07) is 9.18. The average molecular weight is 677 g/mol. The maximum atomic E-state index is 14.6. The number of aromatic nitrogens is 5. The molecule has 10 heteroatoms. The molecule has 1 saturated carbocycles. The monoisotopic (exact) mass is 676 g/mol. The number of nitrogens with zero attached hydrogens (tertiary/aromatic N) is 6. The van der Waals surface area contributed by atoms with Crippen molar-refractivity contribution in [3.8, 4) is 11.1 Å². The minimum Gasteiger partial charge on any atom is -0.375 e. The van der Waals surface area contributed by atoms with Crippen LogP contribution >= 0.6 is 0 Å². The van der Waals surface area contributed by atoms with E-state index in [1.165, 1.54) is 6.92 Å². The van der Waals surface area contributed by atoms with Gasteiger partial charge in [0.05, 0.1) is 30.2 Å². The van der Waals surface area contributed by atoms with Crippen molar-refractivity contribution < 1.29 is 19.1 Å². The number of ketones is 2. The number of amides is 1. The van der Waals surface area contributed by atoms with Gasteiger partial charge in [-0.3, -0.25) is 24.0 Å². The molecule has 262 valence electrons. The number of hydrogen-bond acceptors (Lipinski definition) is 8. The summed E-state index contributed by atoms with van der Waals surface area (Å²) in [5.74, 6) is 0.359. The molecule has 3 aliphatic rings. The first-order valence-electron chi connectivity index (χ1n) is 18.2. The highest BCUT2D eigenvalue weighted by atomic mass is 16.5. The van der Waals surface area contributed by atoms with Crippen molar-refractivity contribution in [3.63, 3.8) is 0 Å². The Labute approximate surface area is 294 Å². The molecule has 4 aromatic rings. The van der Waals surface area contributed by atoms with Crippen molar-refractivity contribution in [1.29, 1.82) is 0 Å². The lowest BCUT2D eigenvalue weighted by Crippen LogP contribution is -2.45. The summed E-state index contributed by atoms with van der Waals surface area (Å²) in [7, 11) is 0. The molecular formula is C40H48N6O4. The first-order chi connectivity index (χ1) is 23.9. The van der Waals surface area contributed by atoms with Gasteiger partial charge in [-0.05, 0) is 95.2 Å². The van der Waals surface area contributed by atoms with Gasteiger partial charge in [-0.25, -0.2) is 9.97 Å². The number of benzene rings is 1. The standard InChI is InChI=1S/C40H48N6O4/c1-25-12-11-14-31(43-25)18-34(48)33-19-40-20-35(40)46(33)36(49)23-45-38-28(13-9-7-6-8-10-15-39(4,5)50-24-40)16-29(30-21-41-27(3)42-22-30)17-32(38)37(44-45)26(2)47/h11-12,14,16-17,21-22,33,35H,6-10,13,15,18-20,23-24H2,1-5H3/t33-,35+,40-/m0/s1. The van der Waals surface area contributed by atoms with Crippen LogP contribution < -0.4 is 0 Å². The van der Waals surface area contributed by atoms with Crippen LogP contribution in [0.15, 0.2) is 42.7 Å². The highest BCUT2D eigenvalue weighted by molar-refractivity contribution is 6.07. The number of pyridine rings is 1. The molecule has 2 aliphatic heterocycles. The van der Waals surface area contributed by atoms with Gasteiger partial charge in [-0.2, -0.15) is 5.10 Å². The molecule has 2 bridgehead atoms. The Morgan fingerprint density at radius 3 is 2.50 bits per heavy atom. The number of aryl methyl sites for hydroxylation is 3. The van der Waals surface area contributed by atoms with Gasteiger partial charge >= 0.3 is 0 Å². The third-order valence-corrected chi connectivity index (χ3v) is 11.0. The zero-order valence-electron chi connectivity index (χ0n) is 30.0. The second-order valence-electron chi connectivity index (χ2n) is 15.4. The summed E-state index contributed by atoms with van der Waals surface area (Å²) < 4.78 is 8.31. The molecular weight excluding hydrogens is 628 g/mol. The number of piperidine rings is 1. The molecule has 2 fully saturated rings. The number of carbonyl (C=O) groups is 3. The van der Waals surface area contributed by atoms with E-state index in [1.54, 1.807) is 4.68 Å². The maximum absolute atomic E-state index is 14.6. The van der Waals surface area contributed by atoms with Crippen molar-refractivity contribution in [2.45, 2.75) is 123 Å². The first-order valence-corrected chi connectivity index (χ1v) is 18.2. The fourth-order valence-electron chi connectivity index (χ4n) is 8.16. The number of carbonyl (C=O) groups excluding carboxylic acids is 3. The number of ether oxygens (including phenoxy) is 1. The summed E-state index contributed by atoms with van der Waals surface area (Å²) >= 11 is 0. The Bertz CT molecular complexity index is 1950. The number of rotatable bonds is 5. The second-order valence-corrected chi connectivity index (χ2v) is 15.4. The fraction of sp³-hybridized carbons (Fsp3) is 0.525. The third-order valence-electron chi connectivity index (χ3n) is 11.0. The molecule has 50 heavy (non-hydrogen) atoms. The molecule has 10 nitrogen and oxygen atoms in total. The molecule has 0 N–H and O–H groups in total. The lowest BCUT2D eigenvalue weighted by Gasteiger charge is -2.28. The zero-order chi connectivity index (χ0) is 35.2. The average Bonchev–Trinajstić information content (AvgIpc) is 3.48. The van der Waals surface area contributed by atoms with Crippen LogP contribution in [-0.4, -0.2) is 71.4 Å². The van der Waals surface area contributed by atoms with Crippen LogP contribution in [-0.2, 0) is 33.7 Å². The van der Waals surface area contributed by atoms with Crippen molar-refractivity contribution in [3.05, 3.63) is 71.2 Å². The van der Waals surface area contributed by atoms with Crippen molar-refractivity contribution in [2.75, 3.05) is 6.61 Å². The quantitative estimate of drug-likeness (QED) is 0.218. The molecule has 1 aromatic carbocycles. The molecule has 3 atom stereocenters. The Morgan fingerprint density at radius 1 is 0.980 bits per heavy atom. The second kappa shape index (κ2) is 13.4. The predicted octanol–water partition coefficient (Wildman–Crippen LogP) is 6.57. The lowest BCUT2D eigenvalue weighted by atomic mass is 9.94. The van der Waals surface area contributed by atoms with E-state index in [2.05, 4.69) is 34.9 Å². The fourth-order valence-corrected chi connectivity index (χ4v) is 8.16. The highest BCUT2D eigenvalue weighted by Crippen LogP contribution is 2.60. The molecule has 0 radical (unpaired) electrons. The van der Waals surface area contributed by atoms with E-state index in [4.69, 9.17) is 9.84 Å². The number of hydrogen-bond donors (Lipinski definition) is 0. The summed E-state index contributed by atoms with van der Waals surface area (Å²) in [6.07, 6.45) is 12.3. The van der Waals surface area contributed by atoms with Crippen LogP contribution in [0.5, 0.6) is 0 Å². The largest absolute Gasteiger partial charge is 0.375 e. The minimum atomic E-state index is -0.570. The van der Waals surface area contributed by atoms with Gasteiger partial charge in [0.25, 0.3) is 0 Å². The van der Waals surface area contributed by atoms with Gasteiger partial charge in [0.1, 0.15) is 18.1 Å². The van der Waals surface area contributed by atoms with Crippen LogP contribution in [0.2, 0.25) is 0 Å². The minimum absolute atomic E-state index is 0.00595. The van der Waals surface area contributed by atoms with Gasteiger partial charge in [-0.1, -0.05) is 31.7 Å². The normalized spacial score (nSPS) is 24.0. The lowest BCUT2D eigenvalue weighted by molar-refractivity contribution is -0.139. The van der Waals surface area contributed by atoms with Crippen LogP contribution in [0.1, 0.15) is 105 Å². The maximum Gasteiger partial charge on any atom is 0.245 e. The van der Waals surface area contributed by atoms with Gasteiger partial charge in [0.2, 0.25) is 5.91 Å². The van der Waals surface area contributed by atoms with E-state index in [9.17, 15) is 14.4 Å². The summed E-state index contributed by atoms with van der Waals surface area (Å²) in [6.45, 7) is 10.1. The Kier molecular flexibility index (Phi) is 9.18. The Hall–Kier alpha value is -4.31.